The molecular formula is C69H133NO13. The number of allylic oxidation sites excluding steroid dienone is 2. The second-order valence-corrected chi connectivity index (χ2v) is 25.4. The number of aliphatic hydroxyl groups is 8. The molecule has 0 aromatic rings. The maximum Gasteiger partial charge on any atom is 0.220 e. The first kappa shape index (κ1) is 77.8. The summed E-state index contributed by atoms with van der Waals surface area (Å²) in [6, 6.07) is -0.827. The summed E-state index contributed by atoms with van der Waals surface area (Å²) in [5.41, 5.74) is 0. The molecule has 0 spiro atoms. The molecule has 0 aromatic carbocycles. The van der Waals surface area contributed by atoms with E-state index in [1.165, 1.54) is 250 Å². The molecule has 0 aliphatic carbocycles. The molecule has 2 fully saturated rings. The normalized spacial score (nSPS) is 23.8. The molecule has 12 atom stereocenters. The quantitative estimate of drug-likeness (QED) is 0.0204. The van der Waals surface area contributed by atoms with Gasteiger partial charge in [0.05, 0.1) is 32.0 Å². The van der Waals surface area contributed by atoms with Gasteiger partial charge in [-0.3, -0.25) is 4.79 Å². The average molecular weight is 1180 g/mol. The average Bonchev–Trinajstić information content (AvgIpc) is 3.65. The van der Waals surface area contributed by atoms with Crippen LogP contribution in [0.15, 0.2) is 12.2 Å². The molecule has 492 valence electrons. The molecule has 1 amide bonds. The van der Waals surface area contributed by atoms with Crippen LogP contribution in [0.2, 0.25) is 0 Å². The van der Waals surface area contributed by atoms with Gasteiger partial charge >= 0.3 is 0 Å². The van der Waals surface area contributed by atoms with E-state index in [-0.39, 0.29) is 12.5 Å². The Morgan fingerprint density at radius 2 is 0.759 bits per heavy atom. The second kappa shape index (κ2) is 54.8. The lowest BCUT2D eigenvalue weighted by atomic mass is 9.97. The first-order chi connectivity index (χ1) is 40.6. The van der Waals surface area contributed by atoms with Gasteiger partial charge in [0, 0.05) is 6.42 Å². The summed E-state index contributed by atoms with van der Waals surface area (Å²) in [5.74, 6) is -0.200. The van der Waals surface area contributed by atoms with Crippen LogP contribution in [0.25, 0.3) is 0 Å². The molecule has 83 heavy (non-hydrogen) atoms. The molecule has 2 rings (SSSR count). The number of nitrogens with one attached hydrogen (secondary N) is 1. The smallest absolute Gasteiger partial charge is 0.220 e. The van der Waals surface area contributed by atoms with Crippen molar-refractivity contribution in [3.05, 3.63) is 12.2 Å². The van der Waals surface area contributed by atoms with Crippen molar-refractivity contribution < 1.29 is 64.6 Å². The molecule has 2 aliphatic heterocycles. The lowest BCUT2D eigenvalue weighted by Crippen LogP contribution is -2.65. The molecule has 0 aromatic heterocycles. The number of hydrogen-bond donors (Lipinski definition) is 9. The summed E-state index contributed by atoms with van der Waals surface area (Å²) >= 11 is 0. The van der Waals surface area contributed by atoms with Crippen LogP contribution in [0.4, 0.5) is 0 Å². The Morgan fingerprint density at radius 1 is 0.422 bits per heavy atom. The molecule has 0 bridgehead atoms. The minimum Gasteiger partial charge on any atom is -0.394 e. The third-order valence-electron chi connectivity index (χ3n) is 17.7. The zero-order chi connectivity index (χ0) is 60.2. The van der Waals surface area contributed by atoms with E-state index in [1.54, 1.807) is 0 Å². The highest BCUT2D eigenvalue weighted by Gasteiger charge is 2.51. The summed E-state index contributed by atoms with van der Waals surface area (Å²) in [5, 5.41) is 87.6. The highest BCUT2D eigenvalue weighted by atomic mass is 16.7. The maximum atomic E-state index is 13.4. The lowest BCUT2D eigenvalue weighted by molar-refractivity contribution is -0.359. The number of carbonyl (C=O) groups is 1. The topological polar surface area (TPSA) is 228 Å². The monoisotopic (exact) mass is 1180 g/mol. The van der Waals surface area contributed by atoms with Crippen molar-refractivity contribution >= 4 is 5.91 Å². The second-order valence-electron chi connectivity index (χ2n) is 25.4. The fourth-order valence-electron chi connectivity index (χ4n) is 12.1. The first-order valence-corrected chi connectivity index (χ1v) is 35.4. The van der Waals surface area contributed by atoms with Crippen LogP contribution >= 0.6 is 0 Å². The summed E-state index contributed by atoms with van der Waals surface area (Å²) < 4.78 is 22.9. The SMILES string of the molecule is CCCCCCCCCC/C=C\CCCCCCCCCCCCCCCC(=O)NC(COC1OC(CO)C(OC2OC(CO)C(O)C(O)C2O)C(O)C1O)C(O)CCCCCCCCCCCCCCCCCCCCCCCCCC. The van der Waals surface area contributed by atoms with Crippen LogP contribution < -0.4 is 5.32 Å². The van der Waals surface area contributed by atoms with Gasteiger partial charge in [0.2, 0.25) is 5.91 Å². The van der Waals surface area contributed by atoms with Crippen LogP contribution in [0, 0.1) is 0 Å². The van der Waals surface area contributed by atoms with Gasteiger partial charge in [-0.25, -0.2) is 0 Å². The highest BCUT2D eigenvalue weighted by molar-refractivity contribution is 5.76. The predicted molar refractivity (Wildman–Crippen MR) is 337 cm³/mol. The molecule has 2 saturated heterocycles. The van der Waals surface area contributed by atoms with Crippen molar-refractivity contribution in [2.45, 2.75) is 402 Å². The molecule has 2 aliphatic rings. The minimum absolute atomic E-state index is 0.200. The van der Waals surface area contributed by atoms with E-state index in [0.29, 0.717) is 12.8 Å². The van der Waals surface area contributed by atoms with Gasteiger partial charge in [-0.15, -0.1) is 0 Å². The number of ether oxygens (including phenoxy) is 4. The Bertz CT molecular complexity index is 1440. The molecule has 2 heterocycles. The molecule has 14 heteroatoms. The number of unbranched alkanes of at least 4 members (excludes halogenated alkanes) is 44. The fraction of sp³-hybridized carbons (Fsp3) is 0.957. The number of hydrogen-bond acceptors (Lipinski definition) is 13. The lowest BCUT2D eigenvalue weighted by Gasteiger charge is -2.46. The van der Waals surface area contributed by atoms with Crippen LogP contribution in [0.1, 0.15) is 328 Å². The number of amides is 1. The molecule has 14 nitrogen and oxygen atoms in total. The van der Waals surface area contributed by atoms with Gasteiger partial charge in [-0.2, -0.15) is 0 Å². The van der Waals surface area contributed by atoms with Gasteiger partial charge in [0.15, 0.2) is 12.6 Å². The number of aliphatic hydroxyl groups excluding tert-OH is 8. The highest BCUT2D eigenvalue weighted by Crippen LogP contribution is 2.30. The first-order valence-electron chi connectivity index (χ1n) is 35.4. The van der Waals surface area contributed by atoms with Crippen molar-refractivity contribution in [1.82, 2.24) is 5.32 Å². The largest absolute Gasteiger partial charge is 0.394 e. The van der Waals surface area contributed by atoms with Crippen molar-refractivity contribution in [3.63, 3.8) is 0 Å². The van der Waals surface area contributed by atoms with E-state index >= 15 is 0 Å². The summed E-state index contributed by atoms with van der Waals surface area (Å²) in [6.45, 7) is 2.92. The van der Waals surface area contributed by atoms with E-state index in [2.05, 4.69) is 31.3 Å². The van der Waals surface area contributed by atoms with Crippen molar-refractivity contribution in [3.8, 4) is 0 Å². The van der Waals surface area contributed by atoms with Crippen LogP contribution in [0.5, 0.6) is 0 Å². The third kappa shape index (κ3) is 39.4. The van der Waals surface area contributed by atoms with Crippen LogP contribution in [-0.2, 0) is 23.7 Å². The Balaban J connectivity index is 1.67. The van der Waals surface area contributed by atoms with Crippen LogP contribution in [-0.4, -0.2) is 140 Å². The Labute approximate surface area is 507 Å². The van der Waals surface area contributed by atoms with E-state index in [0.717, 1.165) is 51.4 Å². The third-order valence-corrected chi connectivity index (χ3v) is 17.7. The molecule has 0 saturated carbocycles. The van der Waals surface area contributed by atoms with Crippen molar-refractivity contribution in [2.75, 3.05) is 19.8 Å². The van der Waals surface area contributed by atoms with E-state index < -0.39 is 86.8 Å². The molecule has 12 unspecified atom stereocenters. The minimum atomic E-state index is -1.78. The number of rotatable bonds is 59. The van der Waals surface area contributed by atoms with Gasteiger partial charge in [0.25, 0.3) is 0 Å². The Morgan fingerprint density at radius 3 is 1.14 bits per heavy atom. The standard InChI is InChI=1S/C69H133NO13/c1-3-5-7-9-11-13-15-17-19-21-23-25-27-29-31-33-35-37-39-41-43-45-47-49-51-53-61(74)70-57(56-80-68-66(79)64(77)67(60(55-72)82-68)83-69-65(78)63(76)62(75)59(54-71)81-69)58(73)52-50-48-46-44-42-40-38-36-34-32-30-28-26-24-22-20-18-16-14-12-10-8-6-4-2/h21,23,57-60,62-69,71-73,75-79H,3-20,22,24-56H2,1-2H3,(H,70,74)/b23-21-. The van der Waals surface area contributed by atoms with Crippen molar-refractivity contribution in [1.29, 1.82) is 0 Å². The van der Waals surface area contributed by atoms with Crippen molar-refractivity contribution in [2.24, 2.45) is 0 Å². The van der Waals surface area contributed by atoms with E-state index in [9.17, 15) is 45.6 Å². The van der Waals surface area contributed by atoms with Crippen LogP contribution in [0.3, 0.4) is 0 Å². The van der Waals surface area contributed by atoms with Gasteiger partial charge in [-0.1, -0.05) is 296 Å². The summed E-state index contributed by atoms with van der Waals surface area (Å²) in [6.07, 6.45) is 49.4. The van der Waals surface area contributed by atoms with Gasteiger partial charge in [-0.05, 0) is 38.5 Å². The zero-order valence-electron chi connectivity index (χ0n) is 53.5. The number of carbonyl (C=O) groups excluding carboxylic acids is 1. The van der Waals surface area contributed by atoms with E-state index in [1.807, 2.05) is 0 Å². The van der Waals surface area contributed by atoms with E-state index in [4.69, 9.17) is 18.9 Å². The maximum absolute atomic E-state index is 13.4. The zero-order valence-corrected chi connectivity index (χ0v) is 53.5. The molecule has 0 radical (unpaired) electrons. The Hall–Kier alpha value is -1.27. The molecular weight excluding hydrogens is 1050 g/mol. The Kier molecular flexibility index (Phi) is 51.4. The van der Waals surface area contributed by atoms with Gasteiger partial charge in [0.1, 0.15) is 48.8 Å². The summed E-state index contributed by atoms with van der Waals surface area (Å²) in [7, 11) is 0. The fourth-order valence-corrected chi connectivity index (χ4v) is 12.1. The predicted octanol–water partition coefficient (Wildman–Crippen LogP) is 14.2. The van der Waals surface area contributed by atoms with Gasteiger partial charge < -0.3 is 65.1 Å². The summed E-state index contributed by atoms with van der Waals surface area (Å²) in [4.78, 5) is 13.4. The molecule has 9 N–H and O–H groups in total.